The molecule has 0 aliphatic carbocycles. The lowest BCUT2D eigenvalue weighted by Crippen LogP contribution is -2.56. The van der Waals surface area contributed by atoms with E-state index in [2.05, 4.69) is 5.32 Å². The lowest BCUT2D eigenvalue weighted by Gasteiger charge is -2.33. The maximum Gasteiger partial charge on any atom is 0.357 e. The number of carbonyl (C=O) groups excluding carboxylic acids is 3. The molecule has 3 aromatic rings. The summed E-state index contributed by atoms with van der Waals surface area (Å²) >= 11 is 1.43. The number of rotatable bonds is 10. The molecule has 200 valence electrons. The average molecular weight is 558 g/mol. The smallest absolute Gasteiger partial charge is 0.346 e. The first-order valence-electron chi connectivity index (χ1n) is 11.9. The van der Waals surface area contributed by atoms with Gasteiger partial charge in [0.1, 0.15) is 11.6 Å². The van der Waals surface area contributed by atoms with Crippen LogP contribution in [0.4, 0.5) is 5.69 Å². The van der Waals surface area contributed by atoms with Crippen molar-refractivity contribution in [3.8, 4) is 10.6 Å². The van der Waals surface area contributed by atoms with Gasteiger partial charge in [0.05, 0.1) is 17.4 Å². The summed E-state index contributed by atoms with van der Waals surface area (Å²) in [5.74, 6) is -1.75. The molecule has 0 spiro atoms. The van der Waals surface area contributed by atoms with E-state index < -0.39 is 34.1 Å². The zero-order valence-electron chi connectivity index (χ0n) is 20.5. The van der Waals surface area contributed by atoms with Crippen LogP contribution in [-0.4, -0.2) is 71.7 Å². The Morgan fingerprint density at radius 1 is 1.05 bits per heavy atom. The topological polar surface area (TPSA) is 149 Å². The van der Waals surface area contributed by atoms with E-state index in [1.165, 1.54) is 33.3 Å². The molecule has 4 rings (SSSR count). The van der Waals surface area contributed by atoms with Crippen LogP contribution >= 0.6 is 11.3 Å². The quantitative estimate of drug-likeness (QED) is 0.255. The monoisotopic (exact) mass is 557 g/mol. The molecule has 1 aromatic heterocycles. The summed E-state index contributed by atoms with van der Waals surface area (Å²) in [6.45, 7) is 2.60. The Balaban J connectivity index is 1.52. The van der Waals surface area contributed by atoms with E-state index >= 15 is 0 Å². The first-order chi connectivity index (χ1) is 18.1. The Morgan fingerprint density at radius 2 is 1.71 bits per heavy atom. The number of carbonyl (C=O) groups is 3. The Kier molecular flexibility index (Phi) is 8.39. The second kappa shape index (κ2) is 11.7. The third kappa shape index (κ3) is 6.94. The van der Waals surface area contributed by atoms with Gasteiger partial charge in [0, 0.05) is 30.6 Å². The second-order valence-electron chi connectivity index (χ2n) is 8.65. The van der Waals surface area contributed by atoms with Crippen molar-refractivity contribution in [1.29, 1.82) is 0 Å². The van der Waals surface area contributed by atoms with E-state index in [0.717, 1.165) is 16.1 Å². The van der Waals surface area contributed by atoms with Gasteiger partial charge in [-0.05, 0) is 31.0 Å². The van der Waals surface area contributed by atoms with Gasteiger partial charge in [0.15, 0.2) is 0 Å². The predicted octanol–water partition coefficient (Wildman–Crippen LogP) is 2.12. The van der Waals surface area contributed by atoms with Crippen LogP contribution in [0.2, 0.25) is 0 Å². The third-order valence-electron chi connectivity index (χ3n) is 5.99. The minimum atomic E-state index is -4.40. The molecular formula is C25H27N5O6S2. The van der Waals surface area contributed by atoms with Crippen LogP contribution in [-0.2, 0) is 31.1 Å². The first kappa shape index (κ1) is 27.2. The highest BCUT2D eigenvalue weighted by Crippen LogP contribution is 2.28. The number of piperazine rings is 1. The van der Waals surface area contributed by atoms with E-state index in [0.29, 0.717) is 25.2 Å². The van der Waals surface area contributed by atoms with Crippen molar-refractivity contribution in [2.75, 3.05) is 30.9 Å². The highest BCUT2D eigenvalue weighted by molar-refractivity contribution is 7.87. The van der Waals surface area contributed by atoms with Crippen molar-refractivity contribution in [3.63, 3.8) is 0 Å². The molecule has 2 aromatic carbocycles. The van der Waals surface area contributed by atoms with Gasteiger partial charge in [-0.25, -0.2) is 4.98 Å². The fourth-order valence-electron chi connectivity index (χ4n) is 4.06. The van der Waals surface area contributed by atoms with Gasteiger partial charge in [0.2, 0.25) is 5.91 Å². The number of nitrogens with zero attached hydrogens (tertiary/aromatic N) is 3. The molecule has 3 N–H and O–H groups in total. The highest BCUT2D eigenvalue weighted by Gasteiger charge is 2.33. The fourth-order valence-corrected chi connectivity index (χ4v) is 5.38. The minimum absolute atomic E-state index is 0.186. The summed E-state index contributed by atoms with van der Waals surface area (Å²) in [5, 5.41) is 5.58. The minimum Gasteiger partial charge on any atom is -0.346 e. The molecule has 13 heteroatoms. The van der Waals surface area contributed by atoms with Gasteiger partial charge in [-0.15, -0.1) is 11.3 Å². The van der Waals surface area contributed by atoms with Crippen LogP contribution in [0.15, 0.2) is 60.0 Å². The Bertz CT molecular complexity index is 1410. The van der Waals surface area contributed by atoms with Crippen molar-refractivity contribution < 1.29 is 27.4 Å². The SMILES string of the molecule is CCN1CCN(CC(=O)N[C@@H](Cc2ccc(NS(=O)(=O)O)cc2)c2csc(-c3ccccc3)n2)C(=O)C1=O. The van der Waals surface area contributed by atoms with Crippen LogP contribution in [0, 0.1) is 0 Å². The standard InChI is InChI=1S/C25H27N5O6S2/c1-2-29-12-13-30(25(33)24(29)32)15-22(31)26-20(14-17-8-10-19(11-9-17)28-38(34,35)36)21-16-37-23(27-21)18-6-4-3-5-7-18/h3-11,16,20,28H,2,12-15H2,1H3,(H,26,31)(H,34,35,36)/t20-/m0/s1. The normalized spacial score (nSPS) is 14.9. The molecule has 11 nitrogen and oxygen atoms in total. The summed E-state index contributed by atoms with van der Waals surface area (Å²) < 4.78 is 33.1. The van der Waals surface area contributed by atoms with Gasteiger partial charge in [-0.3, -0.25) is 23.7 Å². The second-order valence-corrected chi connectivity index (χ2v) is 10.7. The maximum absolute atomic E-state index is 13.0. The van der Waals surface area contributed by atoms with Crippen LogP contribution in [0.3, 0.4) is 0 Å². The molecule has 0 unspecified atom stereocenters. The van der Waals surface area contributed by atoms with Crippen LogP contribution in [0.25, 0.3) is 10.6 Å². The highest BCUT2D eigenvalue weighted by atomic mass is 32.2. The predicted molar refractivity (Wildman–Crippen MR) is 143 cm³/mol. The summed E-state index contributed by atoms with van der Waals surface area (Å²) in [6.07, 6.45) is 0.326. The van der Waals surface area contributed by atoms with Crippen molar-refractivity contribution >= 4 is 45.0 Å². The first-order valence-corrected chi connectivity index (χ1v) is 14.2. The lowest BCUT2D eigenvalue weighted by atomic mass is 10.0. The summed E-state index contributed by atoms with van der Waals surface area (Å²) in [6, 6.07) is 15.4. The Morgan fingerprint density at radius 3 is 2.37 bits per heavy atom. The van der Waals surface area contributed by atoms with E-state index in [9.17, 15) is 22.8 Å². The van der Waals surface area contributed by atoms with Gasteiger partial charge < -0.3 is 15.1 Å². The number of aromatic nitrogens is 1. The summed E-state index contributed by atoms with van der Waals surface area (Å²) in [5.41, 5.74) is 2.52. The van der Waals surface area contributed by atoms with E-state index in [-0.39, 0.29) is 18.8 Å². The zero-order valence-corrected chi connectivity index (χ0v) is 22.2. The summed E-state index contributed by atoms with van der Waals surface area (Å²) in [7, 11) is -4.40. The number of nitrogens with one attached hydrogen (secondary N) is 2. The molecule has 0 saturated carbocycles. The number of likely N-dealkylation sites (N-methyl/N-ethyl adjacent to an activating group) is 1. The van der Waals surface area contributed by atoms with Crippen LogP contribution < -0.4 is 10.0 Å². The number of thiazole rings is 1. The summed E-state index contributed by atoms with van der Waals surface area (Å²) in [4.78, 5) is 45.1. The molecule has 38 heavy (non-hydrogen) atoms. The molecule has 2 heterocycles. The number of benzene rings is 2. The van der Waals surface area contributed by atoms with Crippen LogP contribution in [0.5, 0.6) is 0 Å². The number of anilines is 1. The average Bonchev–Trinajstić information content (AvgIpc) is 3.38. The van der Waals surface area contributed by atoms with Crippen molar-refractivity contribution in [2.45, 2.75) is 19.4 Å². The van der Waals surface area contributed by atoms with Crippen molar-refractivity contribution in [3.05, 3.63) is 71.2 Å². The van der Waals surface area contributed by atoms with E-state index in [1.807, 2.05) is 40.4 Å². The molecule has 3 amide bonds. The number of hydrogen-bond donors (Lipinski definition) is 3. The molecule has 1 aliphatic rings. The van der Waals surface area contributed by atoms with Gasteiger partial charge in [0.25, 0.3) is 0 Å². The fraction of sp³-hybridized carbons (Fsp3) is 0.280. The van der Waals surface area contributed by atoms with Crippen molar-refractivity contribution in [1.82, 2.24) is 20.1 Å². The van der Waals surface area contributed by atoms with E-state index in [1.54, 1.807) is 19.1 Å². The molecule has 1 atom stereocenters. The maximum atomic E-state index is 13.0. The molecule has 0 radical (unpaired) electrons. The lowest BCUT2D eigenvalue weighted by molar-refractivity contribution is -0.156. The van der Waals surface area contributed by atoms with Gasteiger partial charge in [-0.2, -0.15) is 8.42 Å². The largest absolute Gasteiger partial charge is 0.357 e. The number of amides is 3. The zero-order chi connectivity index (χ0) is 27.3. The van der Waals surface area contributed by atoms with E-state index in [4.69, 9.17) is 9.54 Å². The van der Waals surface area contributed by atoms with Gasteiger partial charge >= 0.3 is 22.1 Å². The molecule has 1 saturated heterocycles. The molecule has 0 bridgehead atoms. The molecule has 1 aliphatic heterocycles. The van der Waals surface area contributed by atoms with Gasteiger partial charge in [-0.1, -0.05) is 42.5 Å². The number of hydrogen-bond acceptors (Lipinski definition) is 7. The Hall–Kier alpha value is -3.81. The third-order valence-corrected chi connectivity index (χ3v) is 7.39. The van der Waals surface area contributed by atoms with Crippen LogP contribution in [0.1, 0.15) is 24.2 Å². The Labute approximate surface area is 224 Å². The van der Waals surface area contributed by atoms with Crippen molar-refractivity contribution in [2.24, 2.45) is 0 Å². The molecular weight excluding hydrogens is 530 g/mol. The molecule has 1 fully saturated rings.